The third kappa shape index (κ3) is 3.96. The van der Waals surface area contributed by atoms with Crippen LogP contribution in [-0.2, 0) is 9.59 Å². The van der Waals surface area contributed by atoms with Crippen LogP contribution in [0.5, 0.6) is 5.75 Å². The Kier molecular flexibility index (Phi) is 4.79. The number of rotatable bonds is 4. The molecule has 0 N–H and O–H groups in total. The summed E-state index contributed by atoms with van der Waals surface area (Å²) in [4.78, 5) is 25.9. The number of carbonyl (C=O) groups excluding carboxylic acids is 2. The monoisotopic (exact) mass is 326 g/mol. The fraction of sp³-hybridized carbons (Fsp3) is 0.385. The van der Waals surface area contributed by atoms with Gasteiger partial charge in [-0.15, -0.1) is 0 Å². The van der Waals surface area contributed by atoms with Gasteiger partial charge in [-0.2, -0.15) is 0 Å². The van der Waals surface area contributed by atoms with E-state index in [9.17, 15) is 9.59 Å². The molecule has 1 aliphatic rings. The zero-order chi connectivity index (χ0) is 13.7. The fourth-order valence-corrected chi connectivity index (χ4v) is 2.11. The van der Waals surface area contributed by atoms with E-state index < -0.39 is 0 Å². The van der Waals surface area contributed by atoms with Gasteiger partial charge in [0.15, 0.2) is 6.61 Å². The molecule has 19 heavy (non-hydrogen) atoms. The molecule has 0 spiro atoms. The fourth-order valence-electron chi connectivity index (χ4n) is 1.84. The lowest BCUT2D eigenvalue weighted by Crippen LogP contribution is -2.49. The topological polar surface area (TPSA) is 49.9 Å². The van der Waals surface area contributed by atoms with Crippen molar-refractivity contribution in [3.8, 4) is 5.75 Å². The Morgan fingerprint density at radius 3 is 2.42 bits per heavy atom. The van der Waals surface area contributed by atoms with E-state index >= 15 is 0 Å². The number of piperazine rings is 1. The van der Waals surface area contributed by atoms with Crippen LogP contribution in [0, 0.1) is 0 Å². The second kappa shape index (κ2) is 6.56. The van der Waals surface area contributed by atoms with Crippen molar-refractivity contribution in [2.75, 3.05) is 32.8 Å². The molecular weight excluding hydrogens is 312 g/mol. The van der Waals surface area contributed by atoms with Gasteiger partial charge in [0, 0.05) is 30.7 Å². The summed E-state index contributed by atoms with van der Waals surface area (Å²) in [6.07, 6.45) is 0.820. The summed E-state index contributed by atoms with van der Waals surface area (Å²) in [5.41, 5.74) is 0. The second-order valence-electron chi connectivity index (χ2n) is 4.26. The first-order valence-corrected chi connectivity index (χ1v) is 6.84. The van der Waals surface area contributed by atoms with Crippen molar-refractivity contribution in [3.63, 3.8) is 0 Å². The van der Waals surface area contributed by atoms with Gasteiger partial charge in [-0.05, 0) is 24.3 Å². The third-order valence-electron chi connectivity index (χ3n) is 2.99. The highest BCUT2D eigenvalue weighted by Gasteiger charge is 2.20. The zero-order valence-electron chi connectivity index (χ0n) is 10.4. The molecule has 1 heterocycles. The molecule has 0 atom stereocenters. The highest BCUT2D eigenvalue weighted by molar-refractivity contribution is 9.10. The van der Waals surface area contributed by atoms with E-state index in [1.165, 1.54) is 0 Å². The standard InChI is InChI=1S/C13H15BrN2O3/c14-11-1-3-12(4-2-11)19-9-13(18)16-7-5-15(10-17)6-8-16/h1-4,10H,5-9H2. The lowest BCUT2D eigenvalue weighted by atomic mass is 10.3. The van der Waals surface area contributed by atoms with E-state index in [4.69, 9.17) is 4.74 Å². The number of hydrogen-bond donors (Lipinski definition) is 0. The molecule has 1 saturated heterocycles. The Morgan fingerprint density at radius 2 is 1.84 bits per heavy atom. The molecule has 2 amide bonds. The maximum Gasteiger partial charge on any atom is 0.260 e. The molecule has 1 aliphatic heterocycles. The van der Waals surface area contributed by atoms with Gasteiger partial charge < -0.3 is 14.5 Å². The summed E-state index contributed by atoms with van der Waals surface area (Å²) < 4.78 is 6.40. The quantitative estimate of drug-likeness (QED) is 0.779. The zero-order valence-corrected chi connectivity index (χ0v) is 12.0. The average molecular weight is 327 g/mol. The van der Waals surface area contributed by atoms with E-state index in [0.29, 0.717) is 31.9 Å². The summed E-state index contributed by atoms with van der Waals surface area (Å²) in [6.45, 7) is 2.35. The van der Waals surface area contributed by atoms with Crippen molar-refractivity contribution in [1.29, 1.82) is 0 Å². The Morgan fingerprint density at radius 1 is 1.21 bits per heavy atom. The molecule has 1 aromatic rings. The van der Waals surface area contributed by atoms with Gasteiger partial charge in [0.1, 0.15) is 5.75 Å². The van der Waals surface area contributed by atoms with Gasteiger partial charge in [-0.25, -0.2) is 0 Å². The lowest BCUT2D eigenvalue weighted by molar-refractivity contribution is -0.137. The van der Waals surface area contributed by atoms with Gasteiger partial charge in [-0.3, -0.25) is 9.59 Å². The van der Waals surface area contributed by atoms with E-state index in [0.717, 1.165) is 10.9 Å². The van der Waals surface area contributed by atoms with Crippen molar-refractivity contribution >= 4 is 28.2 Å². The van der Waals surface area contributed by atoms with Crippen LogP contribution in [-0.4, -0.2) is 54.9 Å². The maximum atomic E-state index is 11.9. The van der Waals surface area contributed by atoms with Gasteiger partial charge in [0.2, 0.25) is 6.41 Å². The number of nitrogens with zero attached hydrogens (tertiary/aromatic N) is 2. The predicted molar refractivity (Wildman–Crippen MR) is 73.9 cm³/mol. The molecule has 2 rings (SSSR count). The maximum absolute atomic E-state index is 11.9. The molecule has 0 aromatic heterocycles. The Bertz CT molecular complexity index is 442. The number of hydrogen-bond acceptors (Lipinski definition) is 3. The summed E-state index contributed by atoms with van der Waals surface area (Å²) >= 11 is 3.34. The molecule has 0 bridgehead atoms. The SMILES string of the molecule is O=CN1CCN(C(=O)COc2ccc(Br)cc2)CC1. The minimum atomic E-state index is -0.0477. The molecule has 0 unspecified atom stereocenters. The van der Waals surface area contributed by atoms with Crippen molar-refractivity contribution in [2.45, 2.75) is 0 Å². The first kappa shape index (κ1) is 13.9. The second-order valence-corrected chi connectivity index (χ2v) is 5.18. The minimum absolute atomic E-state index is 0.0305. The highest BCUT2D eigenvalue weighted by atomic mass is 79.9. The first-order chi connectivity index (χ1) is 9.19. The molecule has 0 aliphatic carbocycles. The summed E-state index contributed by atoms with van der Waals surface area (Å²) in [7, 11) is 0. The first-order valence-electron chi connectivity index (χ1n) is 6.04. The minimum Gasteiger partial charge on any atom is -0.484 e. The van der Waals surface area contributed by atoms with Gasteiger partial charge in [0.05, 0.1) is 0 Å². The van der Waals surface area contributed by atoms with E-state index in [-0.39, 0.29) is 12.5 Å². The van der Waals surface area contributed by atoms with Crippen LogP contribution in [0.2, 0.25) is 0 Å². The number of halogens is 1. The van der Waals surface area contributed by atoms with Crippen LogP contribution >= 0.6 is 15.9 Å². The number of benzene rings is 1. The van der Waals surface area contributed by atoms with Crippen molar-refractivity contribution in [1.82, 2.24) is 9.80 Å². The molecule has 1 fully saturated rings. The molecule has 5 nitrogen and oxygen atoms in total. The molecule has 0 radical (unpaired) electrons. The van der Waals surface area contributed by atoms with Crippen LogP contribution < -0.4 is 4.74 Å². The van der Waals surface area contributed by atoms with Crippen molar-refractivity contribution in [3.05, 3.63) is 28.7 Å². The molecular formula is C13H15BrN2O3. The average Bonchev–Trinajstić information content (AvgIpc) is 2.46. The normalized spacial score (nSPS) is 15.2. The van der Waals surface area contributed by atoms with Gasteiger partial charge in [-0.1, -0.05) is 15.9 Å². The Labute approximate surface area is 120 Å². The Hall–Kier alpha value is -1.56. The van der Waals surface area contributed by atoms with Crippen molar-refractivity contribution < 1.29 is 14.3 Å². The van der Waals surface area contributed by atoms with Crippen LogP contribution in [0.4, 0.5) is 0 Å². The summed E-state index contributed by atoms with van der Waals surface area (Å²) in [5, 5.41) is 0. The van der Waals surface area contributed by atoms with Gasteiger partial charge in [0.25, 0.3) is 5.91 Å². The van der Waals surface area contributed by atoms with Crippen LogP contribution in [0.1, 0.15) is 0 Å². The third-order valence-corrected chi connectivity index (χ3v) is 3.52. The van der Waals surface area contributed by atoms with E-state index in [2.05, 4.69) is 15.9 Å². The van der Waals surface area contributed by atoms with Crippen LogP contribution in [0.3, 0.4) is 0 Å². The number of amides is 2. The number of ether oxygens (including phenoxy) is 1. The largest absolute Gasteiger partial charge is 0.484 e. The molecule has 102 valence electrons. The van der Waals surface area contributed by atoms with Crippen LogP contribution in [0.15, 0.2) is 28.7 Å². The highest BCUT2D eigenvalue weighted by Crippen LogP contribution is 2.16. The molecule has 0 saturated carbocycles. The summed E-state index contributed by atoms with van der Waals surface area (Å²) in [6, 6.07) is 7.34. The number of carbonyl (C=O) groups is 2. The van der Waals surface area contributed by atoms with E-state index in [1.807, 2.05) is 24.3 Å². The van der Waals surface area contributed by atoms with Crippen molar-refractivity contribution in [2.24, 2.45) is 0 Å². The molecule has 1 aromatic carbocycles. The summed E-state index contributed by atoms with van der Waals surface area (Å²) in [5.74, 6) is 0.622. The molecule has 6 heteroatoms. The van der Waals surface area contributed by atoms with Gasteiger partial charge >= 0.3 is 0 Å². The smallest absolute Gasteiger partial charge is 0.260 e. The van der Waals surface area contributed by atoms with Crippen LogP contribution in [0.25, 0.3) is 0 Å². The van der Waals surface area contributed by atoms with E-state index in [1.54, 1.807) is 9.80 Å². The predicted octanol–water partition coefficient (Wildman–Crippen LogP) is 1.13. The lowest BCUT2D eigenvalue weighted by Gasteiger charge is -2.32. The Balaban J connectivity index is 1.78.